The third kappa shape index (κ3) is 4.00. The van der Waals surface area contributed by atoms with E-state index in [-0.39, 0.29) is 30.5 Å². The van der Waals surface area contributed by atoms with E-state index in [0.29, 0.717) is 24.3 Å². The second kappa shape index (κ2) is 9.11. The lowest BCUT2D eigenvalue weighted by molar-refractivity contribution is -0.140. The summed E-state index contributed by atoms with van der Waals surface area (Å²) in [5.74, 6) is 0.286. The average Bonchev–Trinajstić information content (AvgIpc) is 2.77. The molecule has 0 spiro atoms. The molecule has 1 saturated heterocycles. The van der Waals surface area contributed by atoms with E-state index in [1.165, 1.54) is 19.1 Å². The van der Waals surface area contributed by atoms with Gasteiger partial charge >= 0.3 is 11.9 Å². The van der Waals surface area contributed by atoms with Crippen molar-refractivity contribution in [2.75, 3.05) is 57.1 Å². The van der Waals surface area contributed by atoms with E-state index >= 15 is 0 Å². The van der Waals surface area contributed by atoms with Gasteiger partial charge in [0.2, 0.25) is 0 Å². The van der Waals surface area contributed by atoms with Crippen LogP contribution < -0.4 is 4.90 Å². The molecule has 2 aliphatic heterocycles. The number of carbonyl (C=O) groups excluding carboxylic acids is 3. The van der Waals surface area contributed by atoms with E-state index in [1.807, 2.05) is 11.8 Å². The Morgan fingerprint density at radius 3 is 2.39 bits per heavy atom. The van der Waals surface area contributed by atoms with Gasteiger partial charge in [-0.2, -0.15) is 11.8 Å². The van der Waals surface area contributed by atoms with E-state index in [2.05, 4.69) is 0 Å². The monoisotopic (exact) mass is 406 g/mol. The number of ether oxygens (including phenoxy) is 3. The number of rotatable bonds is 4. The zero-order chi connectivity index (χ0) is 20.1. The fraction of sp³-hybridized carbons (Fsp3) is 0.421. The maximum Gasteiger partial charge on any atom is 0.355 e. The quantitative estimate of drug-likeness (QED) is 0.691. The molecule has 9 heteroatoms. The molecule has 1 aromatic carbocycles. The van der Waals surface area contributed by atoms with Crippen LogP contribution in [-0.2, 0) is 23.8 Å². The third-order valence-corrected chi connectivity index (χ3v) is 5.50. The third-order valence-electron chi connectivity index (χ3n) is 4.56. The second-order valence-electron chi connectivity index (χ2n) is 6.14. The molecular weight excluding hydrogens is 384 g/mol. The van der Waals surface area contributed by atoms with Crippen LogP contribution in [0, 0.1) is 0 Å². The van der Waals surface area contributed by atoms with E-state index in [0.717, 1.165) is 11.5 Å². The van der Waals surface area contributed by atoms with Crippen molar-refractivity contribution in [3.05, 3.63) is 41.1 Å². The van der Waals surface area contributed by atoms with E-state index < -0.39 is 11.9 Å². The number of carbonyl (C=O) groups is 3. The van der Waals surface area contributed by atoms with Gasteiger partial charge in [-0.15, -0.1) is 0 Å². The standard InChI is InChI=1S/C19H22N2O6S/c1-25-18(23)14-11-27-12-21(16(14)19(24)26-2)15-6-4-3-5-13(15)17(22)20-7-9-28-10-8-20/h3-6H,7-12H2,1-2H3. The first kappa shape index (κ1) is 20.2. The number of benzene rings is 1. The zero-order valence-corrected chi connectivity index (χ0v) is 16.6. The summed E-state index contributed by atoms with van der Waals surface area (Å²) in [6.45, 7) is 1.26. The molecule has 2 heterocycles. The lowest BCUT2D eigenvalue weighted by Crippen LogP contribution is -2.41. The zero-order valence-electron chi connectivity index (χ0n) is 15.8. The highest BCUT2D eigenvalue weighted by Crippen LogP contribution is 2.30. The molecule has 0 radical (unpaired) electrons. The average molecular weight is 406 g/mol. The minimum Gasteiger partial charge on any atom is -0.466 e. The molecule has 0 atom stereocenters. The molecule has 3 rings (SSSR count). The first-order valence-corrected chi connectivity index (χ1v) is 9.95. The largest absolute Gasteiger partial charge is 0.466 e. The molecule has 0 aliphatic carbocycles. The topological polar surface area (TPSA) is 85.4 Å². The van der Waals surface area contributed by atoms with Crippen molar-refractivity contribution in [1.82, 2.24) is 4.90 Å². The number of hydrogen-bond donors (Lipinski definition) is 0. The number of thioether (sulfide) groups is 1. The van der Waals surface area contributed by atoms with Crippen molar-refractivity contribution in [2.24, 2.45) is 0 Å². The summed E-state index contributed by atoms with van der Waals surface area (Å²) >= 11 is 1.81. The van der Waals surface area contributed by atoms with Gasteiger partial charge in [0.15, 0.2) is 0 Å². The van der Waals surface area contributed by atoms with E-state index in [1.54, 1.807) is 29.2 Å². The number of nitrogens with zero attached hydrogens (tertiary/aromatic N) is 2. The first-order chi connectivity index (χ1) is 13.6. The Morgan fingerprint density at radius 2 is 1.71 bits per heavy atom. The van der Waals surface area contributed by atoms with Gasteiger partial charge in [-0.1, -0.05) is 12.1 Å². The maximum atomic E-state index is 13.1. The van der Waals surface area contributed by atoms with Crippen molar-refractivity contribution in [3.8, 4) is 0 Å². The van der Waals surface area contributed by atoms with Crippen LogP contribution in [0.3, 0.4) is 0 Å². The van der Waals surface area contributed by atoms with Crippen LogP contribution in [0.25, 0.3) is 0 Å². The van der Waals surface area contributed by atoms with E-state index in [4.69, 9.17) is 14.2 Å². The van der Waals surface area contributed by atoms with Gasteiger partial charge in [0.1, 0.15) is 12.4 Å². The SMILES string of the molecule is COC(=O)C1=C(C(=O)OC)N(c2ccccc2C(=O)N2CCSCC2)COC1. The van der Waals surface area contributed by atoms with Crippen LogP contribution >= 0.6 is 11.8 Å². The Morgan fingerprint density at radius 1 is 1.04 bits per heavy atom. The smallest absolute Gasteiger partial charge is 0.355 e. The van der Waals surface area contributed by atoms with Crippen LogP contribution in [-0.4, -0.2) is 74.9 Å². The molecule has 28 heavy (non-hydrogen) atoms. The van der Waals surface area contributed by atoms with Crippen LogP contribution in [0.1, 0.15) is 10.4 Å². The summed E-state index contributed by atoms with van der Waals surface area (Å²) in [6, 6.07) is 6.96. The normalized spacial score (nSPS) is 17.4. The molecule has 0 saturated carbocycles. The van der Waals surface area contributed by atoms with Crippen LogP contribution in [0.2, 0.25) is 0 Å². The van der Waals surface area contributed by atoms with Gasteiger partial charge < -0.3 is 24.0 Å². The molecule has 0 N–H and O–H groups in total. The van der Waals surface area contributed by atoms with Crippen molar-refractivity contribution in [1.29, 1.82) is 0 Å². The van der Waals surface area contributed by atoms with Crippen molar-refractivity contribution in [2.45, 2.75) is 0 Å². The molecule has 1 amide bonds. The molecule has 1 fully saturated rings. The van der Waals surface area contributed by atoms with Crippen molar-refractivity contribution in [3.63, 3.8) is 0 Å². The Labute approximate surface area is 167 Å². The van der Waals surface area contributed by atoms with Gasteiger partial charge in [0.05, 0.1) is 37.7 Å². The molecule has 150 valence electrons. The summed E-state index contributed by atoms with van der Waals surface area (Å²) in [7, 11) is 2.47. The lowest BCUT2D eigenvalue weighted by atomic mass is 10.1. The maximum absolute atomic E-state index is 13.1. The van der Waals surface area contributed by atoms with Crippen LogP contribution in [0.15, 0.2) is 35.5 Å². The highest BCUT2D eigenvalue weighted by molar-refractivity contribution is 7.99. The van der Waals surface area contributed by atoms with Gasteiger partial charge in [-0.25, -0.2) is 9.59 Å². The highest BCUT2D eigenvalue weighted by Gasteiger charge is 2.34. The second-order valence-corrected chi connectivity index (χ2v) is 7.36. The van der Waals surface area contributed by atoms with E-state index in [9.17, 15) is 14.4 Å². The molecule has 2 aliphatic rings. The number of esters is 2. The molecule has 0 aromatic heterocycles. The Balaban J connectivity index is 2.05. The van der Waals surface area contributed by atoms with Gasteiger partial charge in [0.25, 0.3) is 5.91 Å². The summed E-state index contributed by atoms with van der Waals surface area (Å²) < 4.78 is 15.2. The Hall–Kier alpha value is -2.52. The number of hydrogen-bond acceptors (Lipinski definition) is 8. The fourth-order valence-electron chi connectivity index (χ4n) is 3.16. The highest BCUT2D eigenvalue weighted by atomic mass is 32.2. The predicted octanol–water partition coefficient (Wildman–Crippen LogP) is 1.27. The summed E-state index contributed by atoms with van der Waals surface area (Å²) in [6.07, 6.45) is 0. The minimum absolute atomic E-state index is 0.00503. The summed E-state index contributed by atoms with van der Waals surface area (Å²) in [4.78, 5) is 41.0. The summed E-state index contributed by atoms with van der Waals surface area (Å²) in [5.41, 5.74) is 0.991. The Kier molecular flexibility index (Phi) is 6.58. The van der Waals surface area contributed by atoms with Gasteiger partial charge in [0, 0.05) is 24.6 Å². The summed E-state index contributed by atoms with van der Waals surface area (Å²) in [5, 5.41) is 0. The predicted molar refractivity (Wildman–Crippen MR) is 104 cm³/mol. The molecule has 8 nitrogen and oxygen atoms in total. The van der Waals surface area contributed by atoms with Crippen LogP contribution in [0.4, 0.5) is 5.69 Å². The van der Waals surface area contributed by atoms with Gasteiger partial charge in [-0.05, 0) is 12.1 Å². The Bertz CT molecular complexity index is 803. The number of methoxy groups -OCH3 is 2. The molecule has 1 aromatic rings. The number of para-hydroxylation sites is 1. The lowest BCUT2D eigenvalue weighted by Gasteiger charge is -2.33. The molecule has 0 bridgehead atoms. The van der Waals surface area contributed by atoms with Crippen molar-refractivity contribution < 1.29 is 28.6 Å². The van der Waals surface area contributed by atoms with Gasteiger partial charge in [-0.3, -0.25) is 4.79 Å². The minimum atomic E-state index is -0.694. The fourth-order valence-corrected chi connectivity index (χ4v) is 4.06. The first-order valence-electron chi connectivity index (χ1n) is 8.79. The number of amides is 1. The molecule has 0 unspecified atom stereocenters. The van der Waals surface area contributed by atoms with Crippen molar-refractivity contribution >= 4 is 35.3 Å². The molecular formula is C19H22N2O6S. The number of anilines is 1. The van der Waals surface area contributed by atoms with Crippen LogP contribution in [0.5, 0.6) is 0 Å².